The van der Waals surface area contributed by atoms with Gasteiger partial charge in [-0.15, -0.1) is 12.4 Å². The Hall–Kier alpha value is -1.00. The minimum atomic E-state index is -0.530. The second kappa shape index (κ2) is 5.92. The summed E-state index contributed by atoms with van der Waals surface area (Å²) in [7, 11) is 0. The van der Waals surface area contributed by atoms with E-state index < -0.39 is 5.82 Å². The molecule has 0 amide bonds. The van der Waals surface area contributed by atoms with Gasteiger partial charge in [0.25, 0.3) is 0 Å². The molecule has 1 aromatic rings. The zero-order valence-electron chi connectivity index (χ0n) is 8.37. The number of amidine groups is 1. The molecule has 1 heterocycles. The average molecular weight is 265 g/mol. The lowest BCUT2D eigenvalue weighted by molar-refractivity contribution is 0.351. The van der Waals surface area contributed by atoms with Crippen molar-refractivity contribution in [3.63, 3.8) is 0 Å². The van der Waals surface area contributed by atoms with Crippen molar-refractivity contribution in [3.05, 3.63) is 29.0 Å². The maximum atomic E-state index is 13.4. The largest absolute Gasteiger partial charge is 0.483 e. The number of benzene rings is 1. The summed E-state index contributed by atoms with van der Waals surface area (Å²) in [5, 5.41) is 3.09. The van der Waals surface area contributed by atoms with Gasteiger partial charge in [0, 0.05) is 6.54 Å². The van der Waals surface area contributed by atoms with Crippen LogP contribution in [0.1, 0.15) is 0 Å². The average Bonchev–Trinajstić information content (AvgIpc) is 2.73. The van der Waals surface area contributed by atoms with Crippen LogP contribution >= 0.6 is 24.0 Å². The van der Waals surface area contributed by atoms with Gasteiger partial charge < -0.3 is 10.1 Å². The van der Waals surface area contributed by atoms with Gasteiger partial charge in [0.1, 0.15) is 12.4 Å². The molecule has 0 saturated carbocycles. The number of ether oxygens (including phenoxy) is 1. The minimum absolute atomic E-state index is 0. The van der Waals surface area contributed by atoms with Gasteiger partial charge in [0.2, 0.25) is 0 Å². The zero-order chi connectivity index (χ0) is 10.7. The molecular weight excluding hydrogens is 254 g/mol. The first-order valence-electron chi connectivity index (χ1n) is 4.61. The molecule has 0 spiro atoms. The quantitative estimate of drug-likeness (QED) is 0.909. The van der Waals surface area contributed by atoms with Crippen LogP contribution in [-0.2, 0) is 0 Å². The Morgan fingerprint density at radius 3 is 3.00 bits per heavy atom. The van der Waals surface area contributed by atoms with Crippen LogP contribution in [0.5, 0.6) is 5.75 Å². The fourth-order valence-electron chi connectivity index (χ4n) is 1.29. The molecule has 1 N–H and O–H groups in total. The molecular formula is C10H11Cl2FN2O. The molecule has 2 rings (SSSR count). The molecule has 0 aliphatic carbocycles. The number of nitrogens with zero attached hydrogens (tertiary/aromatic N) is 1. The lowest BCUT2D eigenvalue weighted by Gasteiger charge is -2.07. The molecule has 0 radical (unpaired) electrons. The second-order valence-electron chi connectivity index (χ2n) is 3.10. The van der Waals surface area contributed by atoms with Gasteiger partial charge in [0.15, 0.2) is 11.6 Å². The highest BCUT2D eigenvalue weighted by atomic mass is 35.5. The minimum Gasteiger partial charge on any atom is -0.483 e. The fraction of sp³-hybridized carbons (Fsp3) is 0.300. The van der Waals surface area contributed by atoms with E-state index in [1.54, 1.807) is 6.07 Å². The smallest absolute Gasteiger partial charge is 0.183 e. The summed E-state index contributed by atoms with van der Waals surface area (Å²) in [6, 6.07) is 4.66. The van der Waals surface area contributed by atoms with Gasteiger partial charge in [-0.1, -0.05) is 17.7 Å². The monoisotopic (exact) mass is 264 g/mol. The molecule has 0 fully saturated rings. The second-order valence-corrected chi connectivity index (χ2v) is 3.50. The van der Waals surface area contributed by atoms with E-state index in [0.29, 0.717) is 0 Å². The van der Waals surface area contributed by atoms with E-state index in [9.17, 15) is 4.39 Å². The van der Waals surface area contributed by atoms with Gasteiger partial charge in [-0.2, -0.15) is 0 Å². The highest BCUT2D eigenvalue weighted by molar-refractivity contribution is 6.30. The van der Waals surface area contributed by atoms with E-state index >= 15 is 0 Å². The molecule has 0 saturated heterocycles. The van der Waals surface area contributed by atoms with Crippen LogP contribution in [0.25, 0.3) is 0 Å². The maximum Gasteiger partial charge on any atom is 0.183 e. The number of aliphatic imine (C=N–C) groups is 1. The zero-order valence-corrected chi connectivity index (χ0v) is 9.95. The molecule has 1 aliphatic rings. The Bertz CT molecular complexity index is 398. The van der Waals surface area contributed by atoms with E-state index in [0.717, 1.165) is 18.9 Å². The summed E-state index contributed by atoms with van der Waals surface area (Å²) in [5.74, 6) is 0.367. The summed E-state index contributed by atoms with van der Waals surface area (Å²) >= 11 is 5.61. The Morgan fingerprint density at radius 2 is 2.31 bits per heavy atom. The van der Waals surface area contributed by atoms with E-state index in [2.05, 4.69) is 10.3 Å². The SMILES string of the molecule is Cl.Fc1c(Cl)cccc1OCC1=NCCN1. The number of hydrogen-bond donors (Lipinski definition) is 1. The van der Waals surface area contributed by atoms with Crippen molar-refractivity contribution < 1.29 is 9.13 Å². The summed E-state index contributed by atoms with van der Waals surface area (Å²) in [6.45, 7) is 1.81. The van der Waals surface area contributed by atoms with Crippen LogP contribution in [0.15, 0.2) is 23.2 Å². The first-order valence-corrected chi connectivity index (χ1v) is 4.99. The van der Waals surface area contributed by atoms with Crippen molar-refractivity contribution in [2.24, 2.45) is 4.99 Å². The predicted molar refractivity (Wildman–Crippen MR) is 64.5 cm³/mol. The first-order chi connectivity index (χ1) is 7.27. The number of nitrogens with one attached hydrogen (secondary N) is 1. The Morgan fingerprint density at radius 1 is 1.50 bits per heavy atom. The van der Waals surface area contributed by atoms with Crippen LogP contribution in [0.3, 0.4) is 0 Å². The maximum absolute atomic E-state index is 13.4. The van der Waals surface area contributed by atoms with Crippen LogP contribution < -0.4 is 10.1 Å². The standard InChI is InChI=1S/C10H10ClFN2O.ClH/c11-7-2-1-3-8(10(7)12)15-6-9-13-4-5-14-9;/h1-3H,4-6H2,(H,13,14);1H. The third-order valence-electron chi connectivity index (χ3n) is 2.02. The van der Waals surface area contributed by atoms with Crippen LogP contribution in [0, 0.1) is 5.82 Å². The summed E-state index contributed by atoms with van der Waals surface area (Å²) in [5.41, 5.74) is 0. The Kier molecular flexibility index (Phi) is 4.83. The van der Waals surface area contributed by atoms with Crippen molar-refractivity contribution in [1.82, 2.24) is 5.32 Å². The number of rotatable bonds is 3. The van der Waals surface area contributed by atoms with E-state index in [4.69, 9.17) is 16.3 Å². The highest BCUT2D eigenvalue weighted by Crippen LogP contribution is 2.23. The third-order valence-corrected chi connectivity index (χ3v) is 2.32. The van der Waals surface area contributed by atoms with E-state index in [1.807, 2.05) is 0 Å². The molecule has 3 nitrogen and oxygen atoms in total. The molecule has 0 atom stereocenters. The van der Waals surface area contributed by atoms with Crippen LogP contribution in [0.4, 0.5) is 4.39 Å². The Balaban J connectivity index is 0.00000128. The molecule has 6 heteroatoms. The molecule has 0 aromatic heterocycles. The summed E-state index contributed by atoms with van der Waals surface area (Å²) < 4.78 is 18.6. The van der Waals surface area contributed by atoms with Gasteiger partial charge in [-0.25, -0.2) is 4.39 Å². The number of halogens is 3. The van der Waals surface area contributed by atoms with Gasteiger partial charge in [-0.05, 0) is 12.1 Å². The molecule has 1 aromatic carbocycles. The van der Waals surface area contributed by atoms with Gasteiger partial charge >= 0.3 is 0 Å². The summed E-state index contributed by atoms with van der Waals surface area (Å²) in [6.07, 6.45) is 0. The predicted octanol–water partition coefficient (Wildman–Crippen LogP) is 2.28. The van der Waals surface area contributed by atoms with Crippen LogP contribution in [-0.4, -0.2) is 25.5 Å². The van der Waals surface area contributed by atoms with Crippen molar-refractivity contribution in [3.8, 4) is 5.75 Å². The number of hydrogen-bond acceptors (Lipinski definition) is 3. The lowest BCUT2D eigenvalue weighted by Crippen LogP contribution is -2.25. The topological polar surface area (TPSA) is 33.6 Å². The third kappa shape index (κ3) is 3.00. The molecule has 16 heavy (non-hydrogen) atoms. The van der Waals surface area contributed by atoms with Crippen molar-refractivity contribution in [2.45, 2.75) is 0 Å². The van der Waals surface area contributed by atoms with Crippen molar-refractivity contribution in [2.75, 3.05) is 19.7 Å². The lowest BCUT2D eigenvalue weighted by atomic mass is 10.3. The van der Waals surface area contributed by atoms with Gasteiger partial charge in [0.05, 0.1) is 11.6 Å². The normalized spacial score (nSPS) is 13.8. The summed E-state index contributed by atoms with van der Waals surface area (Å²) in [4.78, 5) is 4.13. The fourth-order valence-corrected chi connectivity index (χ4v) is 1.45. The van der Waals surface area contributed by atoms with Crippen LogP contribution in [0.2, 0.25) is 5.02 Å². The highest BCUT2D eigenvalue weighted by Gasteiger charge is 2.10. The molecule has 0 unspecified atom stereocenters. The van der Waals surface area contributed by atoms with Gasteiger partial charge in [-0.3, -0.25) is 4.99 Å². The van der Waals surface area contributed by atoms with Crippen molar-refractivity contribution in [1.29, 1.82) is 0 Å². The molecule has 88 valence electrons. The molecule has 0 bridgehead atoms. The van der Waals surface area contributed by atoms with E-state index in [1.165, 1.54) is 12.1 Å². The Labute approximate surface area is 104 Å². The van der Waals surface area contributed by atoms with E-state index in [-0.39, 0.29) is 29.8 Å². The molecule has 1 aliphatic heterocycles. The first kappa shape index (κ1) is 13.1. The van der Waals surface area contributed by atoms with Crippen molar-refractivity contribution >= 4 is 29.8 Å².